The number of benzene rings is 1. The van der Waals surface area contributed by atoms with Gasteiger partial charge in [0.15, 0.2) is 0 Å². The summed E-state index contributed by atoms with van der Waals surface area (Å²) in [6.07, 6.45) is 2.35. The number of carbonyl (C=O) groups is 1. The second kappa shape index (κ2) is 6.35. The van der Waals surface area contributed by atoms with Crippen molar-refractivity contribution in [3.05, 3.63) is 35.4 Å². The molecule has 0 radical (unpaired) electrons. The number of amides is 1. The molecule has 0 aromatic heterocycles. The monoisotopic (exact) mass is 257 g/mol. The first-order chi connectivity index (χ1) is 9.24. The lowest BCUT2D eigenvalue weighted by molar-refractivity contribution is 0.0941. The van der Waals surface area contributed by atoms with Crippen molar-refractivity contribution in [2.24, 2.45) is 0 Å². The minimum atomic E-state index is -0.0972. The molecule has 1 aliphatic heterocycles. The second-order valence-electron chi connectivity index (χ2n) is 4.83. The van der Waals surface area contributed by atoms with Crippen LogP contribution >= 0.6 is 0 Å². The van der Waals surface area contributed by atoms with Crippen molar-refractivity contribution in [1.29, 1.82) is 5.26 Å². The summed E-state index contributed by atoms with van der Waals surface area (Å²) in [6, 6.07) is 9.30. The van der Waals surface area contributed by atoms with E-state index in [1.807, 2.05) is 6.07 Å². The molecule has 1 aliphatic rings. The molecule has 1 N–H and O–H groups in total. The van der Waals surface area contributed by atoms with E-state index >= 15 is 0 Å². The largest absolute Gasteiger partial charge is 0.350 e. The first-order valence-corrected chi connectivity index (χ1v) is 6.77. The summed E-state index contributed by atoms with van der Waals surface area (Å²) in [5, 5.41) is 11.8. The zero-order valence-electron chi connectivity index (χ0n) is 11.2. The van der Waals surface area contributed by atoms with Gasteiger partial charge in [-0.2, -0.15) is 5.26 Å². The molecule has 1 fully saturated rings. The van der Waals surface area contributed by atoms with E-state index in [1.165, 1.54) is 6.42 Å². The fourth-order valence-corrected chi connectivity index (χ4v) is 2.59. The molecule has 1 atom stereocenters. The number of likely N-dealkylation sites (tertiary alicyclic amines) is 1. The maximum absolute atomic E-state index is 12.0. The number of rotatable bonds is 4. The first-order valence-electron chi connectivity index (χ1n) is 6.77. The third kappa shape index (κ3) is 3.33. The highest BCUT2D eigenvalue weighted by Gasteiger charge is 2.23. The van der Waals surface area contributed by atoms with Gasteiger partial charge in [-0.1, -0.05) is 13.0 Å². The number of carbonyl (C=O) groups excluding carboxylic acids is 1. The Morgan fingerprint density at radius 1 is 1.58 bits per heavy atom. The summed E-state index contributed by atoms with van der Waals surface area (Å²) >= 11 is 0. The number of nitrogens with one attached hydrogen (secondary N) is 1. The highest BCUT2D eigenvalue weighted by molar-refractivity contribution is 5.94. The van der Waals surface area contributed by atoms with Gasteiger partial charge >= 0.3 is 0 Å². The fraction of sp³-hybridized carbons (Fsp3) is 0.467. The molecule has 0 spiro atoms. The Bertz CT molecular complexity index is 492. The summed E-state index contributed by atoms with van der Waals surface area (Å²) in [5.41, 5.74) is 1.07. The van der Waals surface area contributed by atoms with Crippen LogP contribution in [0.25, 0.3) is 0 Å². The Morgan fingerprint density at radius 3 is 3.16 bits per heavy atom. The van der Waals surface area contributed by atoms with Gasteiger partial charge < -0.3 is 5.32 Å². The van der Waals surface area contributed by atoms with Crippen LogP contribution in [0.3, 0.4) is 0 Å². The average molecular weight is 257 g/mol. The molecule has 0 bridgehead atoms. The molecule has 1 aromatic carbocycles. The highest BCUT2D eigenvalue weighted by Crippen LogP contribution is 2.15. The van der Waals surface area contributed by atoms with Crippen molar-refractivity contribution in [2.45, 2.75) is 25.8 Å². The van der Waals surface area contributed by atoms with E-state index in [4.69, 9.17) is 5.26 Å². The molecular weight excluding hydrogens is 238 g/mol. The van der Waals surface area contributed by atoms with Gasteiger partial charge in [-0.3, -0.25) is 9.69 Å². The predicted molar refractivity (Wildman–Crippen MR) is 73.8 cm³/mol. The Balaban J connectivity index is 1.92. The topological polar surface area (TPSA) is 56.1 Å². The molecule has 1 saturated heterocycles. The van der Waals surface area contributed by atoms with E-state index in [-0.39, 0.29) is 5.91 Å². The van der Waals surface area contributed by atoms with E-state index in [0.29, 0.717) is 23.7 Å². The second-order valence-corrected chi connectivity index (χ2v) is 4.83. The third-order valence-electron chi connectivity index (χ3n) is 3.66. The maximum Gasteiger partial charge on any atom is 0.251 e. The fourth-order valence-electron chi connectivity index (χ4n) is 2.59. The number of nitrogens with zero attached hydrogens (tertiary/aromatic N) is 2. The lowest BCUT2D eigenvalue weighted by Crippen LogP contribution is -2.40. The molecule has 1 aromatic rings. The average Bonchev–Trinajstić information content (AvgIpc) is 2.92. The lowest BCUT2D eigenvalue weighted by Gasteiger charge is -2.22. The van der Waals surface area contributed by atoms with Crippen LogP contribution in [0.4, 0.5) is 0 Å². The normalized spacial score (nSPS) is 19.1. The molecule has 0 unspecified atom stereocenters. The molecule has 1 heterocycles. The van der Waals surface area contributed by atoms with Crippen LogP contribution in [-0.4, -0.2) is 36.5 Å². The molecule has 0 saturated carbocycles. The molecule has 4 nitrogen and oxygen atoms in total. The van der Waals surface area contributed by atoms with Crippen LogP contribution in [0.1, 0.15) is 35.7 Å². The summed E-state index contributed by atoms with van der Waals surface area (Å²) in [7, 11) is 0. The van der Waals surface area contributed by atoms with Gasteiger partial charge in [0.25, 0.3) is 5.91 Å². The molecule has 19 heavy (non-hydrogen) atoms. The van der Waals surface area contributed by atoms with Gasteiger partial charge in [0.2, 0.25) is 0 Å². The van der Waals surface area contributed by atoms with E-state index in [1.54, 1.807) is 24.3 Å². The Labute approximate surface area is 114 Å². The van der Waals surface area contributed by atoms with E-state index in [2.05, 4.69) is 17.1 Å². The van der Waals surface area contributed by atoms with Crippen LogP contribution in [0.2, 0.25) is 0 Å². The lowest BCUT2D eigenvalue weighted by atomic mass is 10.1. The minimum absolute atomic E-state index is 0.0972. The van der Waals surface area contributed by atoms with Crippen molar-refractivity contribution in [3.8, 4) is 6.07 Å². The van der Waals surface area contributed by atoms with Gasteiger partial charge in [0, 0.05) is 18.2 Å². The van der Waals surface area contributed by atoms with E-state index in [9.17, 15) is 4.79 Å². The predicted octanol–water partition coefficient (Wildman–Crippen LogP) is 1.77. The van der Waals surface area contributed by atoms with Crippen molar-refractivity contribution >= 4 is 5.91 Å². The molecule has 0 aliphatic carbocycles. The summed E-state index contributed by atoms with van der Waals surface area (Å²) in [4.78, 5) is 14.4. The van der Waals surface area contributed by atoms with Gasteiger partial charge in [0.1, 0.15) is 0 Å². The Hall–Kier alpha value is -1.86. The Morgan fingerprint density at radius 2 is 2.42 bits per heavy atom. The first kappa shape index (κ1) is 13.6. The molecule has 2 rings (SSSR count). The van der Waals surface area contributed by atoms with E-state index in [0.717, 1.165) is 19.5 Å². The number of hydrogen-bond acceptors (Lipinski definition) is 3. The molecule has 100 valence electrons. The Kier molecular flexibility index (Phi) is 4.53. The van der Waals surface area contributed by atoms with E-state index < -0.39 is 0 Å². The van der Waals surface area contributed by atoms with Crippen molar-refractivity contribution in [1.82, 2.24) is 10.2 Å². The smallest absolute Gasteiger partial charge is 0.251 e. The molecule has 1 amide bonds. The third-order valence-corrected chi connectivity index (χ3v) is 3.66. The molecule has 4 heteroatoms. The van der Waals surface area contributed by atoms with Crippen LogP contribution in [0.5, 0.6) is 0 Å². The van der Waals surface area contributed by atoms with Gasteiger partial charge in [-0.25, -0.2) is 0 Å². The van der Waals surface area contributed by atoms with Gasteiger partial charge in [-0.05, 0) is 44.1 Å². The summed E-state index contributed by atoms with van der Waals surface area (Å²) in [5.74, 6) is -0.0972. The zero-order chi connectivity index (χ0) is 13.7. The van der Waals surface area contributed by atoms with Crippen molar-refractivity contribution < 1.29 is 4.79 Å². The number of likely N-dealkylation sites (N-methyl/N-ethyl adjacent to an activating group) is 1. The highest BCUT2D eigenvalue weighted by atomic mass is 16.1. The number of nitriles is 1. The summed E-state index contributed by atoms with van der Waals surface area (Å²) in [6.45, 7) is 4.99. The SMILES string of the molecule is CCN1CCC[C@H]1CNC(=O)c1cccc(C#N)c1. The van der Waals surface area contributed by atoms with Crippen molar-refractivity contribution in [2.75, 3.05) is 19.6 Å². The van der Waals surface area contributed by atoms with Gasteiger partial charge in [0.05, 0.1) is 11.6 Å². The van der Waals surface area contributed by atoms with Crippen LogP contribution < -0.4 is 5.32 Å². The summed E-state index contributed by atoms with van der Waals surface area (Å²) < 4.78 is 0. The van der Waals surface area contributed by atoms with Gasteiger partial charge in [-0.15, -0.1) is 0 Å². The van der Waals surface area contributed by atoms with Crippen LogP contribution in [0, 0.1) is 11.3 Å². The van der Waals surface area contributed by atoms with Crippen LogP contribution in [0.15, 0.2) is 24.3 Å². The minimum Gasteiger partial charge on any atom is -0.350 e. The zero-order valence-corrected chi connectivity index (χ0v) is 11.2. The van der Waals surface area contributed by atoms with Crippen LogP contribution in [-0.2, 0) is 0 Å². The quantitative estimate of drug-likeness (QED) is 0.894. The standard InChI is InChI=1S/C15H19N3O/c1-2-18-8-4-7-14(18)11-17-15(19)13-6-3-5-12(9-13)10-16/h3,5-6,9,14H,2,4,7-8,11H2,1H3,(H,17,19)/t14-/m0/s1. The molecular formula is C15H19N3O. The number of hydrogen-bond donors (Lipinski definition) is 1. The maximum atomic E-state index is 12.0. The van der Waals surface area contributed by atoms with Crippen molar-refractivity contribution in [3.63, 3.8) is 0 Å².